The number of nitrogens with zero attached hydrogens (tertiary/aromatic N) is 2. The molecule has 0 saturated carbocycles. The van der Waals surface area contributed by atoms with Gasteiger partial charge in [-0.05, 0) is 17.9 Å². The van der Waals surface area contributed by atoms with Gasteiger partial charge in [-0.25, -0.2) is 0 Å². The van der Waals surface area contributed by atoms with Crippen LogP contribution in [-0.2, 0) is 6.54 Å². The van der Waals surface area contributed by atoms with Crippen LogP contribution in [0.2, 0.25) is 0 Å². The van der Waals surface area contributed by atoms with Gasteiger partial charge < -0.3 is 14.6 Å². The number of anilines is 1. The second-order valence-electron chi connectivity index (χ2n) is 6.56. The fraction of sp³-hybridized carbons (Fsp3) is 0.786. The Hall–Kier alpha value is -1.03. The molecule has 1 aromatic heterocycles. The van der Waals surface area contributed by atoms with Crippen molar-refractivity contribution in [3.05, 3.63) is 12.0 Å². The highest BCUT2D eigenvalue weighted by Gasteiger charge is 2.17. The number of rotatable bonds is 6. The predicted molar refractivity (Wildman–Crippen MR) is 75.8 cm³/mol. The monoisotopic (exact) mass is 253 g/mol. The summed E-state index contributed by atoms with van der Waals surface area (Å²) >= 11 is 0. The maximum Gasteiger partial charge on any atom is 0.297 e. The van der Waals surface area contributed by atoms with E-state index in [1.165, 1.54) is 0 Å². The summed E-state index contributed by atoms with van der Waals surface area (Å²) in [6.07, 6.45) is 1.74. The second-order valence-corrected chi connectivity index (χ2v) is 6.56. The molecule has 4 nitrogen and oxygen atoms in total. The van der Waals surface area contributed by atoms with Crippen molar-refractivity contribution in [2.45, 2.75) is 41.2 Å². The molecular formula is C14H27N3O. The molecule has 4 heteroatoms. The van der Waals surface area contributed by atoms with Crippen LogP contribution >= 0.6 is 0 Å². The Morgan fingerprint density at radius 3 is 2.61 bits per heavy atom. The minimum absolute atomic E-state index is 0.235. The lowest BCUT2D eigenvalue weighted by atomic mass is 9.96. The molecule has 0 spiro atoms. The summed E-state index contributed by atoms with van der Waals surface area (Å²) < 4.78 is 5.50. The van der Waals surface area contributed by atoms with Crippen LogP contribution in [0.1, 0.15) is 40.3 Å². The first-order chi connectivity index (χ1) is 8.28. The summed E-state index contributed by atoms with van der Waals surface area (Å²) in [5, 5.41) is 3.36. The van der Waals surface area contributed by atoms with Crippen molar-refractivity contribution in [2.24, 2.45) is 11.3 Å². The normalized spacial score (nSPS) is 12.2. The van der Waals surface area contributed by atoms with E-state index in [4.69, 9.17) is 4.42 Å². The molecule has 1 N–H and O–H groups in total. The van der Waals surface area contributed by atoms with Gasteiger partial charge in [0.15, 0.2) is 0 Å². The van der Waals surface area contributed by atoms with Gasteiger partial charge in [0.25, 0.3) is 6.01 Å². The molecule has 0 radical (unpaired) electrons. The molecule has 0 atom stereocenters. The first-order valence-electron chi connectivity index (χ1n) is 6.64. The SMILES string of the molecule is CC(C)CNCc1coc(N(C)CC(C)(C)C)n1. The third-order valence-electron chi connectivity index (χ3n) is 2.44. The number of aromatic nitrogens is 1. The van der Waals surface area contributed by atoms with E-state index in [9.17, 15) is 0 Å². The zero-order valence-electron chi connectivity index (χ0n) is 12.6. The van der Waals surface area contributed by atoms with Crippen LogP contribution in [0.3, 0.4) is 0 Å². The van der Waals surface area contributed by atoms with Gasteiger partial charge in [0.05, 0.1) is 5.69 Å². The number of hydrogen-bond donors (Lipinski definition) is 1. The summed E-state index contributed by atoms with van der Waals surface area (Å²) in [4.78, 5) is 6.55. The van der Waals surface area contributed by atoms with Crippen molar-refractivity contribution in [1.29, 1.82) is 0 Å². The van der Waals surface area contributed by atoms with Crippen molar-refractivity contribution in [1.82, 2.24) is 10.3 Å². The molecule has 1 rings (SSSR count). The maximum atomic E-state index is 5.50. The van der Waals surface area contributed by atoms with Crippen LogP contribution in [0, 0.1) is 11.3 Å². The predicted octanol–water partition coefficient (Wildman–Crippen LogP) is 2.90. The standard InChI is InChI=1S/C14H27N3O/c1-11(2)7-15-8-12-9-18-13(16-12)17(6)10-14(3,4)5/h9,11,15H,7-8,10H2,1-6H3. The second kappa shape index (κ2) is 6.23. The van der Waals surface area contributed by atoms with E-state index < -0.39 is 0 Å². The number of nitrogens with one attached hydrogen (secondary N) is 1. The van der Waals surface area contributed by atoms with Gasteiger partial charge in [-0.15, -0.1) is 0 Å². The fourth-order valence-corrected chi connectivity index (χ4v) is 1.82. The third-order valence-corrected chi connectivity index (χ3v) is 2.44. The zero-order valence-corrected chi connectivity index (χ0v) is 12.6. The molecule has 1 aromatic rings. The van der Waals surface area contributed by atoms with Crippen LogP contribution in [-0.4, -0.2) is 25.1 Å². The van der Waals surface area contributed by atoms with Gasteiger partial charge in [0.2, 0.25) is 0 Å². The number of hydrogen-bond acceptors (Lipinski definition) is 4. The van der Waals surface area contributed by atoms with Gasteiger partial charge in [-0.3, -0.25) is 0 Å². The van der Waals surface area contributed by atoms with Crippen LogP contribution in [0.4, 0.5) is 6.01 Å². The van der Waals surface area contributed by atoms with Gasteiger partial charge in [-0.1, -0.05) is 34.6 Å². The molecule has 0 amide bonds. The lowest BCUT2D eigenvalue weighted by Gasteiger charge is -2.25. The number of oxazole rings is 1. The molecule has 0 aromatic carbocycles. The highest BCUT2D eigenvalue weighted by Crippen LogP contribution is 2.19. The summed E-state index contributed by atoms with van der Waals surface area (Å²) in [6.45, 7) is 13.7. The van der Waals surface area contributed by atoms with E-state index in [2.05, 4.69) is 49.8 Å². The lowest BCUT2D eigenvalue weighted by molar-refractivity contribution is 0.403. The Kier molecular flexibility index (Phi) is 5.20. The maximum absolute atomic E-state index is 5.50. The fourth-order valence-electron chi connectivity index (χ4n) is 1.82. The highest BCUT2D eigenvalue weighted by molar-refractivity contribution is 5.25. The van der Waals surface area contributed by atoms with E-state index in [1.807, 2.05) is 7.05 Å². The molecular weight excluding hydrogens is 226 g/mol. The molecule has 104 valence electrons. The molecule has 0 aliphatic heterocycles. The highest BCUT2D eigenvalue weighted by atomic mass is 16.4. The minimum Gasteiger partial charge on any atom is -0.432 e. The van der Waals surface area contributed by atoms with Crippen molar-refractivity contribution in [3.8, 4) is 0 Å². The summed E-state index contributed by atoms with van der Waals surface area (Å²) in [6, 6.07) is 0.700. The van der Waals surface area contributed by atoms with Gasteiger partial charge in [0, 0.05) is 20.1 Å². The van der Waals surface area contributed by atoms with E-state index in [1.54, 1.807) is 6.26 Å². The van der Waals surface area contributed by atoms with Gasteiger partial charge in [-0.2, -0.15) is 4.98 Å². The Balaban J connectivity index is 2.47. The van der Waals surface area contributed by atoms with Crippen LogP contribution in [0.5, 0.6) is 0 Å². The Morgan fingerprint density at radius 1 is 1.39 bits per heavy atom. The minimum atomic E-state index is 0.235. The van der Waals surface area contributed by atoms with E-state index in [0.29, 0.717) is 11.9 Å². The first-order valence-corrected chi connectivity index (χ1v) is 6.64. The first kappa shape index (κ1) is 15.0. The van der Waals surface area contributed by atoms with E-state index >= 15 is 0 Å². The topological polar surface area (TPSA) is 41.3 Å². The average Bonchev–Trinajstić information content (AvgIpc) is 2.63. The van der Waals surface area contributed by atoms with E-state index in [0.717, 1.165) is 25.3 Å². The zero-order chi connectivity index (χ0) is 13.8. The van der Waals surface area contributed by atoms with Crippen molar-refractivity contribution >= 4 is 6.01 Å². The summed E-state index contributed by atoms with van der Waals surface area (Å²) in [5.74, 6) is 0.653. The van der Waals surface area contributed by atoms with Crippen molar-refractivity contribution in [3.63, 3.8) is 0 Å². The molecule has 0 saturated heterocycles. The smallest absolute Gasteiger partial charge is 0.297 e. The molecule has 0 unspecified atom stereocenters. The Labute approximate surface area is 111 Å². The molecule has 18 heavy (non-hydrogen) atoms. The van der Waals surface area contributed by atoms with E-state index in [-0.39, 0.29) is 5.41 Å². The average molecular weight is 253 g/mol. The Morgan fingerprint density at radius 2 is 2.06 bits per heavy atom. The van der Waals surface area contributed by atoms with Crippen LogP contribution in [0.25, 0.3) is 0 Å². The molecule has 1 heterocycles. The van der Waals surface area contributed by atoms with Gasteiger partial charge >= 0.3 is 0 Å². The molecule has 0 bridgehead atoms. The van der Waals surface area contributed by atoms with Gasteiger partial charge in [0.1, 0.15) is 6.26 Å². The summed E-state index contributed by atoms with van der Waals surface area (Å²) in [5.41, 5.74) is 1.20. The molecule has 0 aliphatic carbocycles. The quantitative estimate of drug-likeness (QED) is 0.846. The van der Waals surface area contributed by atoms with Crippen LogP contribution < -0.4 is 10.2 Å². The third kappa shape index (κ3) is 5.54. The lowest BCUT2D eigenvalue weighted by Crippen LogP contribution is -2.29. The van der Waals surface area contributed by atoms with Crippen molar-refractivity contribution in [2.75, 3.05) is 25.0 Å². The van der Waals surface area contributed by atoms with Crippen molar-refractivity contribution < 1.29 is 4.42 Å². The Bertz CT molecular complexity index is 352. The largest absolute Gasteiger partial charge is 0.432 e. The molecule has 0 aliphatic rings. The molecule has 0 fully saturated rings. The van der Waals surface area contributed by atoms with Crippen LogP contribution in [0.15, 0.2) is 10.7 Å². The summed E-state index contributed by atoms with van der Waals surface area (Å²) in [7, 11) is 2.02.